The fourth-order valence-electron chi connectivity index (χ4n) is 0.681. The maximum atomic E-state index is 8.48. The Morgan fingerprint density at radius 2 is 2.36 bits per heavy atom. The Kier molecular flexibility index (Phi) is 1.89. The Morgan fingerprint density at radius 3 is 2.82 bits per heavy atom. The summed E-state index contributed by atoms with van der Waals surface area (Å²) in [6.45, 7) is 1.73. The van der Waals surface area contributed by atoms with E-state index in [1.165, 1.54) is 0 Å². The minimum Gasteiger partial charge on any atom is -0.336 e. The largest absolute Gasteiger partial charge is 0.336 e. The van der Waals surface area contributed by atoms with Crippen LogP contribution in [0.25, 0.3) is 0 Å². The molecule has 0 radical (unpaired) electrons. The molecule has 0 saturated carbocycles. The van der Waals surface area contributed by atoms with Gasteiger partial charge < -0.3 is 4.98 Å². The van der Waals surface area contributed by atoms with Gasteiger partial charge in [0.25, 0.3) is 0 Å². The zero-order chi connectivity index (χ0) is 8.27. The number of rotatable bonds is 1. The van der Waals surface area contributed by atoms with E-state index in [0.29, 0.717) is 5.69 Å². The van der Waals surface area contributed by atoms with Crippen molar-refractivity contribution in [3.63, 3.8) is 0 Å². The minimum atomic E-state index is -0.256. The summed E-state index contributed by atoms with van der Waals surface area (Å²) in [6.07, 6.45) is 1.58. The van der Waals surface area contributed by atoms with Crippen LogP contribution in [0, 0.1) is 22.7 Å². The lowest BCUT2D eigenvalue weighted by Crippen LogP contribution is -1.88. The van der Waals surface area contributed by atoms with Crippen LogP contribution in [0.15, 0.2) is 6.20 Å². The van der Waals surface area contributed by atoms with Crippen molar-refractivity contribution in [1.29, 1.82) is 10.5 Å². The Labute approximate surface area is 64.1 Å². The van der Waals surface area contributed by atoms with Gasteiger partial charge in [0.1, 0.15) is 6.07 Å². The van der Waals surface area contributed by atoms with Gasteiger partial charge in [-0.3, -0.25) is 0 Å². The van der Waals surface area contributed by atoms with Gasteiger partial charge in [0, 0.05) is 6.20 Å². The molecule has 1 N–H and O–H groups in total. The molecule has 4 nitrogen and oxygen atoms in total. The van der Waals surface area contributed by atoms with Crippen molar-refractivity contribution in [2.75, 3.05) is 0 Å². The molecule has 0 aromatic carbocycles. The molecule has 0 bridgehead atoms. The van der Waals surface area contributed by atoms with E-state index >= 15 is 0 Å². The normalized spacial score (nSPS) is 11.5. The summed E-state index contributed by atoms with van der Waals surface area (Å²) >= 11 is 0. The second kappa shape index (κ2) is 2.85. The van der Waals surface area contributed by atoms with Gasteiger partial charge in [-0.15, -0.1) is 0 Å². The highest BCUT2D eigenvalue weighted by Gasteiger charge is 2.07. The summed E-state index contributed by atoms with van der Waals surface area (Å²) in [5.41, 5.74) is 0.615. The van der Waals surface area contributed by atoms with Crippen molar-refractivity contribution in [2.24, 2.45) is 0 Å². The molecule has 54 valence electrons. The molecule has 0 aliphatic heterocycles. The highest BCUT2D eigenvalue weighted by Crippen LogP contribution is 2.09. The molecule has 1 unspecified atom stereocenters. The smallest absolute Gasteiger partial charge is 0.210 e. The van der Waals surface area contributed by atoms with Crippen molar-refractivity contribution < 1.29 is 0 Å². The lowest BCUT2D eigenvalue weighted by Gasteiger charge is -1.91. The zero-order valence-corrected chi connectivity index (χ0v) is 6.00. The van der Waals surface area contributed by atoms with E-state index < -0.39 is 0 Å². The number of aromatic amines is 1. The monoisotopic (exact) mass is 146 g/mol. The number of nitrogens with zero attached hydrogens (tertiary/aromatic N) is 3. The van der Waals surface area contributed by atoms with Crippen LogP contribution >= 0.6 is 0 Å². The molecule has 1 atom stereocenters. The van der Waals surface area contributed by atoms with E-state index in [-0.39, 0.29) is 11.7 Å². The number of aromatic nitrogens is 2. The first-order chi connectivity index (χ1) is 5.27. The average molecular weight is 146 g/mol. The Bertz CT molecular complexity index is 325. The standard InChI is InChI=1S/C7H6N4/c1-5(2-8)6-4-10-7(3-9)11-6/h4-5H,1H3,(H,10,11). The van der Waals surface area contributed by atoms with Crippen LogP contribution in [0.4, 0.5) is 0 Å². The predicted molar refractivity (Wildman–Crippen MR) is 37.3 cm³/mol. The van der Waals surface area contributed by atoms with Gasteiger partial charge in [0.2, 0.25) is 5.82 Å². The van der Waals surface area contributed by atoms with Crippen molar-refractivity contribution in [3.8, 4) is 12.1 Å². The van der Waals surface area contributed by atoms with Crippen LogP contribution in [0.1, 0.15) is 24.4 Å². The Hall–Kier alpha value is -1.81. The molecule has 0 fully saturated rings. The van der Waals surface area contributed by atoms with Gasteiger partial charge in [0.05, 0.1) is 17.7 Å². The van der Waals surface area contributed by atoms with E-state index in [4.69, 9.17) is 10.5 Å². The molecule has 4 heteroatoms. The van der Waals surface area contributed by atoms with Gasteiger partial charge in [-0.05, 0) is 6.92 Å². The lowest BCUT2D eigenvalue weighted by atomic mass is 10.1. The summed E-state index contributed by atoms with van der Waals surface area (Å²) in [5, 5.41) is 16.9. The van der Waals surface area contributed by atoms with E-state index in [2.05, 4.69) is 9.97 Å². The third-order valence-corrected chi connectivity index (χ3v) is 1.34. The van der Waals surface area contributed by atoms with Gasteiger partial charge in [-0.1, -0.05) is 0 Å². The number of H-pyrrole nitrogens is 1. The zero-order valence-electron chi connectivity index (χ0n) is 6.00. The second-order valence-electron chi connectivity index (χ2n) is 2.14. The fourth-order valence-corrected chi connectivity index (χ4v) is 0.681. The van der Waals surface area contributed by atoms with Crippen molar-refractivity contribution >= 4 is 0 Å². The summed E-state index contributed by atoms with van der Waals surface area (Å²) in [7, 11) is 0. The average Bonchev–Trinajstić information content (AvgIpc) is 2.50. The Balaban J connectivity index is 2.93. The number of nitrogens with one attached hydrogen (secondary N) is 1. The molecular weight excluding hydrogens is 140 g/mol. The maximum absolute atomic E-state index is 8.48. The van der Waals surface area contributed by atoms with Gasteiger partial charge in [-0.25, -0.2) is 4.98 Å². The molecule has 0 aliphatic rings. The lowest BCUT2D eigenvalue weighted by molar-refractivity contribution is 0.932. The number of nitriles is 2. The van der Waals surface area contributed by atoms with E-state index in [0.717, 1.165) is 0 Å². The van der Waals surface area contributed by atoms with Gasteiger partial charge >= 0.3 is 0 Å². The number of hydrogen-bond acceptors (Lipinski definition) is 3. The molecule has 1 aromatic heterocycles. The molecular formula is C7H6N4. The first-order valence-electron chi connectivity index (χ1n) is 3.13. The molecule has 0 aliphatic carbocycles. The molecule has 1 heterocycles. The summed E-state index contributed by atoms with van der Waals surface area (Å²) < 4.78 is 0. The van der Waals surface area contributed by atoms with Gasteiger partial charge in [0.15, 0.2) is 0 Å². The molecule has 1 rings (SSSR count). The fraction of sp³-hybridized carbons (Fsp3) is 0.286. The van der Waals surface area contributed by atoms with Crippen molar-refractivity contribution in [3.05, 3.63) is 17.7 Å². The van der Waals surface area contributed by atoms with Gasteiger partial charge in [-0.2, -0.15) is 10.5 Å². The van der Waals surface area contributed by atoms with E-state index in [1.54, 1.807) is 13.1 Å². The predicted octanol–water partition coefficient (Wildman–Crippen LogP) is 0.908. The third-order valence-electron chi connectivity index (χ3n) is 1.34. The van der Waals surface area contributed by atoms with Crippen LogP contribution in [0.5, 0.6) is 0 Å². The highest BCUT2D eigenvalue weighted by atomic mass is 14.9. The molecule has 11 heavy (non-hydrogen) atoms. The van der Waals surface area contributed by atoms with Crippen LogP contribution < -0.4 is 0 Å². The van der Waals surface area contributed by atoms with Crippen LogP contribution in [0.2, 0.25) is 0 Å². The SMILES string of the molecule is CC(C#N)c1c[nH]c(C#N)n1. The third kappa shape index (κ3) is 1.36. The quantitative estimate of drug-likeness (QED) is 0.639. The van der Waals surface area contributed by atoms with Crippen LogP contribution in [-0.2, 0) is 0 Å². The van der Waals surface area contributed by atoms with E-state index in [9.17, 15) is 0 Å². The minimum absolute atomic E-state index is 0.252. The molecule has 0 spiro atoms. The number of imidazole rings is 1. The second-order valence-corrected chi connectivity index (χ2v) is 2.14. The highest BCUT2D eigenvalue weighted by molar-refractivity contribution is 5.19. The first kappa shape index (κ1) is 7.30. The number of hydrogen-bond donors (Lipinski definition) is 1. The van der Waals surface area contributed by atoms with Crippen molar-refractivity contribution in [2.45, 2.75) is 12.8 Å². The van der Waals surface area contributed by atoms with Crippen molar-refractivity contribution in [1.82, 2.24) is 9.97 Å². The molecule has 0 amide bonds. The first-order valence-corrected chi connectivity index (χ1v) is 3.13. The molecule has 0 saturated heterocycles. The summed E-state index contributed by atoms with van der Waals surface area (Å²) in [6, 6.07) is 3.88. The summed E-state index contributed by atoms with van der Waals surface area (Å²) in [4.78, 5) is 6.51. The topological polar surface area (TPSA) is 76.3 Å². The van der Waals surface area contributed by atoms with Crippen LogP contribution in [-0.4, -0.2) is 9.97 Å². The maximum Gasteiger partial charge on any atom is 0.210 e. The van der Waals surface area contributed by atoms with Crippen LogP contribution in [0.3, 0.4) is 0 Å². The summed E-state index contributed by atoms with van der Waals surface area (Å²) in [5.74, 6) is -0.00421. The molecule has 1 aromatic rings. The Morgan fingerprint density at radius 1 is 1.64 bits per heavy atom. The van der Waals surface area contributed by atoms with E-state index in [1.807, 2.05) is 12.1 Å².